The molecule has 0 aliphatic carbocycles. The lowest BCUT2D eigenvalue weighted by molar-refractivity contribution is -0.153. The maximum absolute atomic E-state index is 11.7. The predicted octanol–water partition coefficient (Wildman–Crippen LogP) is 3.71. The quantitative estimate of drug-likeness (QED) is 0.432. The van der Waals surface area contributed by atoms with Crippen molar-refractivity contribution in [2.24, 2.45) is 0 Å². The summed E-state index contributed by atoms with van der Waals surface area (Å²) >= 11 is 1.62. The van der Waals surface area contributed by atoms with Crippen LogP contribution in [0.1, 0.15) is 18.4 Å². The second-order valence-electron chi connectivity index (χ2n) is 5.22. The van der Waals surface area contributed by atoms with E-state index in [2.05, 4.69) is 12.1 Å². The van der Waals surface area contributed by atoms with Gasteiger partial charge in [-0.2, -0.15) is 0 Å². The van der Waals surface area contributed by atoms with Gasteiger partial charge in [0.25, 0.3) is 0 Å². The molecule has 2 aromatic rings. The van der Waals surface area contributed by atoms with Gasteiger partial charge in [0, 0.05) is 10.6 Å². The fraction of sp³-hybridized carbons (Fsp3) is 0.316. The summed E-state index contributed by atoms with van der Waals surface area (Å²) in [4.78, 5) is 12.9. The van der Waals surface area contributed by atoms with Gasteiger partial charge in [-0.05, 0) is 37.0 Å². The Morgan fingerprint density at radius 2 is 1.70 bits per heavy atom. The van der Waals surface area contributed by atoms with Crippen LogP contribution in [0.5, 0.6) is 0 Å². The average Bonchev–Trinajstić information content (AvgIpc) is 2.60. The van der Waals surface area contributed by atoms with Gasteiger partial charge in [-0.15, -0.1) is 11.8 Å². The molecule has 3 nitrogen and oxygen atoms in total. The third-order valence-electron chi connectivity index (χ3n) is 3.37. The molecular formula is C19H22O3S. The summed E-state index contributed by atoms with van der Waals surface area (Å²) in [6.07, 6.45) is 0.995. The molecule has 0 radical (unpaired) electrons. The first kappa shape index (κ1) is 17.6. The summed E-state index contributed by atoms with van der Waals surface area (Å²) in [6, 6.07) is 20.0. The van der Waals surface area contributed by atoms with E-state index in [1.165, 1.54) is 5.56 Å². The van der Waals surface area contributed by atoms with Crippen molar-refractivity contribution in [1.82, 2.24) is 0 Å². The molecule has 23 heavy (non-hydrogen) atoms. The molecular weight excluding hydrogens is 308 g/mol. The highest BCUT2D eigenvalue weighted by Gasteiger charge is 2.16. The Bertz CT molecular complexity index is 572. The number of thioether (sulfide) groups is 1. The number of aliphatic hydroxyl groups excluding tert-OH is 1. The minimum absolute atomic E-state index is 0.344. The zero-order valence-electron chi connectivity index (χ0n) is 13.1. The minimum Gasteiger partial charge on any atom is -0.464 e. The number of rotatable bonds is 9. The van der Waals surface area contributed by atoms with Crippen molar-refractivity contribution in [2.75, 3.05) is 12.4 Å². The van der Waals surface area contributed by atoms with Crippen LogP contribution in [0.3, 0.4) is 0 Å². The first-order chi connectivity index (χ1) is 11.3. The lowest BCUT2D eigenvalue weighted by Crippen LogP contribution is -2.24. The molecule has 0 saturated heterocycles. The van der Waals surface area contributed by atoms with Crippen LogP contribution in [-0.2, 0) is 16.0 Å². The number of carbonyl (C=O) groups is 1. The van der Waals surface area contributed by atoms with Crippen molar-refractivity contribution in [3.05, 3.63) is 66.2 Å². The van der Waals surface area contributed by atoms with Crippen molar-refractivity contribution in [2.45, 2.75) is 30.3 Å². The highest BCUT2D eigenvalue weighted by molar-refractivity contribution is 7.99. The van der Waals surface area contributed by atoms with Crippen LogP contribution in [0.25, 0.3) is 0 Å². The van der Waals surface area contributed by atoms with E-state index < -0.39 is 12.1 Å². The lowest BCUT2D eigenvalue weighted by Gasteiger charge is -2.10. The number of carbonyl (C=O) groups excluding carboxylic acids is 1. The largest absolute Gasteiger partial charge is 0.464 e. The fourth-order valence-electron chi connectivity index (χ4n) is 2.11. The number of hydrogen-bond donors (Lipinski definition) is 1. The Balaban J connectivity index is 1.57. The van der Waals surface area contributed by atoms with E-state index in [0.29, 0.717) is 18.8 Å². The number of esters is 1. The van der Waals surface area contributed by atoms with Crippen LogP contribution in [0.2, 0.25) is 0 Å². The molecule has 0 heterocycles. The minimum atomic E-state index is -1.04. The van der Waals surface area contributed by atoms with Gasteiger partial charge >= 0.3 is 5.97 Å². The molecule has 0 aliphatic rings. The Kier molecular flexibility index (Phi) is 7.70. The van der Waals surface area contributed by atoms with Gasteiger partial charge in [-0.1, -0.05) is 48.5 Å². The van der Waals surface area contributed by atoms with E-state index in [1.807, 2.05) is 48.5 Å². The molecule has 0 aromatic heterocycles. The Labute approximate surface area is 141 Å². The number of aryl methyl sites for hydroxylation is 1. The zero-order chi connectivity index (χ0) is 16.3. The van der Waals surface area contributed by atoms with Gasteiger partial charge in [0.05, 0.1) is 6.61 Å². The zero-order valence-corrected chi connectivity index (χ0v) is 13.9. The second kappa shape index (κ2) is 10.1. The van der Waals surface area contributed by atoms with Crippen molar-refractivity contribution in [3.8, 4) is 0 Å². The molecule has 122 valence electrons. The van der Waals surface area contributed by atoms with Crippen molar-refractivity contribution >= 4 is 17.7 Å². The van der Waals surface area contributed by atoms with Gasteiger partial charge in [0.2, 0.25) is 0 Å². The smallest absolute Gasteiger partial charge is 0.334 e. The maximum atomic E-state index is 11.7. The van der Waals surface area contributed by atoms with Crippen LogP contribution >= 0.6 is 11.8 Å². The molecule has 0 amide bonds. The van der Waals surface area contributed by atoms with Gasteiger partial charge in [0.15, 0.2) is 6.10 Å². The second-order valence-corrected chi connectivity index (χ2v) is 6.39. The number of aliphatic hydroxyl groups is 1. The summed E-state index contributed by atoms with van der Waals surface area (Å²) in [6.45, 7) is 0.344. The SMILES string of the molecule is O=C(OCCCc1ccccc1)C(O)CCSc1ccccc1. The number of ether oxygens (including phenoxy) is 1. The van der Waals surface area contributed by atoms with E-state index in [4.69, 9.17) is 4.74 Å². The molecule has 2 aromatic carbocycles. The Hall–Kier alpha value is -1.78. The van der Waals surface area contributed by atoms with E-state index in [-0.39, 0.29) is 0 Å². The summed E-state index contributed by atoms with van der Waals surface area (Å²) in [5.74, 6) is 0.163. The molecule has 0 spiro atoms. The van der Waals surface area contributed by atoms with Crippen LogP contribution in [-0.4, -0.2) is 29.5 Å². The summed E-state index contributed by atoms with van der Waals surface area (Å²) in [7, 11) is 0. The van der Waals surface area contributed by atoms with E-state index >= 15 is 0 Å². The highest BCUT2D eigenvalue weighted by Crippen LogP contribution is 2.18. The van der Waals surface area contributed by atoms with E-state index in [9.17, 15) is 9.90 Å². The molecule has 1 unspecified atom stereocenters. The van der Waals surface area contributed by atoms with Crippen molar-refractivity contribution in [1.29, 1.82) is 0 Å². The molecule has 0 saturated carbocycles. The Morgan fingerprint density at radius 3 is 2.39 bits per heavy atom. The first-order valence-corrected chi connectivity index (χ1v) is 8.81. The Morgan fingerprint density at radius 1 is 1.04 bits per heavy atom. The monoisotopic (exact) mass is 330 g/mol. The molecule has 2 rings (SSSR count). The molecule has 1 atom stereocenters. The van der Waals surface area contributed by atoms with Gasteiger partial charge < -0.3 is 9.84 Å². The van der Waals surface area contributed by atoms with Crippen molar-refractivity contribution < 1.29 is 14.6 Å². The van der Waals surface area contributed by atoms with Crippen LogP contribution < -0.4 is 0 Å². The summed E-state index contributed by atoms with van der Waals surface area (Å²) in [5.41, 5.74) is 1.23. The molecule has 1 N–H and O–H groups in total. The topological polar surface area (TPSA) is 46.5 Å². The van der Waals surface area contributed by atoms with E-state index in [1.54, 1.807) is 11.8 Å². The lowest BCUT2D eigenvalue weighted by atomic mass is 10.1. The normalized spacial score (nSPS) is 11.9. The molecule has 0 bridgehead atoms. The van der Waals surface area contributed by atoms with Crippen molar-refractivity contribution in [3.63, 3.8) is 0 Å². The first-order valence-electron chi connectivity index (χ1n) is 7.82. The van der Waals surface area contributed by atoms with Gasteiger partial charge in [-0.25, -0.2) is 4.79 Å². The third kappa shape index (κ3) is 6.89. The maximum Gasteiger partial charge on any atom is 0.334 e. The summed E-state index contributed by atoms with van der Waals surface area (Å²) in [5, 5.41) is 9.82. The van der Waals surface area contributed by atoms with Gasteiger partial charge in [0.1, 0.15) is 0 Å². The molecule has 0 fully saturated rings. The van der Waals surface area contributed by atoms with E-state index in [0.717, 1.165) is 17.7 Å². The summed E-state index contributed by atoms with van der Waals surface area (Å²) < 4.78 is 5.13. The number of benzene rings is 2. The highest BCUT2D eigenvalue weighted by atomic mass is 32.2. The standard InChI is InChI=1S/C19H22O3S/c20-18(13-15-23-17-11-5-2-6-12-17)19(21)22-14-7-10-16-8-3-1-4-9-16/h1-6,8-9,11-12,18,20H,7,10,13-15H2. The molecule has 4 heteroatoms. The molecule has 0 aliphatic heterocycles. The fourth-order valence-corrected chi connectivity index (χ4v) is 3.04. The third-order valence-corrected chi connectivity index (χ3v) is 4.42. The average molecular weight is 330 g/mol. The number of hydrogen-bond acceptors (Lipinski definition) is 4. The predicted molar refractivity (Wildman–Crippen MR) is 93.5 cm³/mol. The van der Waals surface area contributed by atoms with Crippen LogP contribution in [0.4, 0.5) is 0 Å². The van der Waals surface area contributed by atoms with Gasteiger partial charge in [-0.3, -0.25) is 0 Å². The van der Waals surface area contributed by atoms with Crippen LogP contribution in [0.15, 0.2) is 65.6 Å². The van der Waals surface area contributed by atoms with Crippen LogP contribution in [0, 0.1) is 0 Å².